The standard InChI is InChI=1S/C11H22N/c1-6-8-10-11(9-7-2)12(3,4)5/h6-7,11H,1-2,8-10H2,3-5H3/q+1. The maximum absolute atomic E-state index is 3.79. The predicted octanol–water partition coefficient (Wildman–Crippen LogP) is 2.60. The van der Waals surface area contributed by atoms with E-state index >= 15 is 0 Å². The van der Waals surface area contributed by atoms with Gasteiger partial charge in [-0.2, -0.15) is 0 Å². The van der Waals surface area contributed by atoms with Crippen molar-refractivity contribution in [3.05, 3.63) is 25.3 Å². The van der Waals surface area contributed by atoms with Crippen LogP contribution in [0.3, 0.4) is 0 Å². The molecule has 12 heavy (non-hydrogen) atoms. The summed E-state index contributed by atoms with van der Waals surface area (Å²) in [5.41, 5.74) is 0. The van der Waals surface area contributed by atoms with Gasteiger partial charge in [0.25, 0.3) is 0 Å². The van der Waals surface area contributed by atoms with Crippen molar-refractivity contribution in [3.8, 4) is 0 Å². The molecule has 0 saturated heterocycles. The normalized spacial score (nSPS) is 13.9. The van der Waals surface area contributed by atoms with E-state index in [0.29, 0.717) is 6.04 Å². The highest BCUT2D eigenvalue weighted by atomic mass is 15.3. The van der Waals surface area contributed by atoms with Crippen molar-refractivity contribution in [2.75, 3.05) is 21.1 Å². The van der Waals surface area contributed by atoms with Crippen molar-refractivity contribution in [1.29, 1.82) is 0 Å². The van der Waals surface area contributed by atoms with Crippen LogP contribution in [0.5, 0.6) is 0 Å². The first kappa shape index (κ1) is 11.4. The van der Waals surface area contributed by atoms with Crippen molar-refractivity contribution >= 4 is 0 Å². The molecule has 0 N–H and O–H groups in total. The Bertz CT molecular complexity index is 142. The number of quaternary nitrogens is 1. The molecule has 0 aliphatic heterocycles. The molecular weight excluding hydrogens is 146 g/mol. The molecule has 0 bridgehead atoms. The zero-order valence-electron chi connectivity index (χ0n) is 8.71. The topological polar surface area (TPSA) is 0 Å². The fraction of sp³-hybridized carbons (Fsp3) is 0.636. The first-order chi connectivity index (χ1) is 5.52. The molecule has 0 aromatic heterocycles. The van der Waals surface area contributed by atoms with E-state index in [9.17, 15) is 0 Å². The summed E-state index contributed by atoms with van der Waals surface area (Å²) in [4.78, 5) is 0. The predicted molar refractivity (Wildman–Crippen MR) is 56.1 cm³/mol. The lowest BCUT2D eigenvalue weighted by molar-refractivity contribution is -0.896. The third-order valence-corrected chi connectivity index (χ3v) is 2.24. The van der Waals surface area contributed by atoms with Gasteiger partial charge >= 0.3 is 0 Å². The van der Waals surface area contributed by atoms with Gasteiger partial charge in [-0.1, -0.05) is 12.2 Å². The molecule has 0 fully saturated rings. The molecule has 1 nitrogen and oxygen atoms in total. The van der Waals surface area contributed by atoms with Crippen LogP contribution in [0.4, 0.5) is 0 Å². The van der Waals surface area contributed by atoms with Crippen LogP contribution in [0.1, 0.15) is 19.3 Å². The Morgan fingerprint density at radius 2 is 1.75 bits per heavy atom. The van der Waals surface area contributed by atoms with Crippen molar-refractivity contribution in [3.63, 3.8) is 0 Å². The van der Waals surface area contributed by atoms with Crippen molar-refractivity contribution in [2.24, 2.45) is 0 Å². The molecule has 1 heteroatoms. The minimum Gasteiger partial charge on any atom is -0.328 e. The van der Waals surface area contributed by atoms with Crippen LogP contribution < -0.4 is 0 Å². The van der Waals surface area contributed by atoms with E-state index < -0.39 is 0 Å². The van der Waals surface area contributed by atoms with Gasteiger partial charge in [0.05, 0.1) is 27.2 Å². The monoisotopic (exact) mass is 168 g/mol. The van der Waals surface area contributed by atoms with Crippen LogP contribution in [0, 0.1) is 0 Å². The third kappa shape index (κ3) is 4.35. The van der Waals surface area contributed by atoms with Gasteiger partial charge in [0.2, 0.25) is 0 Å². The number of hydrogen-bond donors (Lipinski definition) is 0. The summed E-state index contributed by atoms with van der Waals surface area (Å²) in [5, 5.41) is 0. The van der Waals surface area contributed by atoms with E-state index in [-0.39, 0.29) is 0 Å². The summed E-state index contributed by atoms with van der Waals surface area (Å²) in [6.45, 7) is 7.53. The molecule has 0 amide bonds. The quantitative estimate of drug-likeness (QED) is 0.422. The van der Waals surface area contributed by atoms with E-state index in [1.54, 1.807) is 0 Å². The van der Waals surface area contributed by atoms with Crippen molar-refractivity contribution in [1.82, 2.24) is 0 Å². The number of hydrogen-bond acceptors (Lipinski definition) is 0. The lowest BCUT2D eigenvalue weighted by atomic mass is 10.1. The van der Waals surface area contributed by atoms with Gasteiger partial charge in [-0.3, -0.25) is 0 Å². The van der Waals surface area contributed by atoms with Crippen LogP contribution >= 0.6 is 0 Å². The van der Waals surface area contributed by atoms with E-state index in [1.165, 1.54) is 6.42 Å². The molecule has 0 aliphatic carbocycles. The molecule has 0 aromatic rings. The van der Waals surface area contributed by atoms with Gasteiger partial charge in [-0.15, -0.1) is 13.2 Å². The van der Waals surface area contributed by atoms with Crippen molar-refractivity contribution in [2.45, 2.75) is 25.3 Å². The maximum atomic E-state index is 3.79. The highest BCUT2D eigenvalue weighted by Crippen LogP contribution is 2.14. The summed E-state index contributed by atoms with van der Waals surface area (Å²) < 4.78 is 1.01. The number of allylic oxidation sites excluding steroid dienone is 1. The van der Waals surface area contributed by atoms with Crippen molar-refractivity contribution < 1.29 is 4.48 Å². The number of nitrogens with zero attached hydrogens (tertiary/aromatic N) is 1. The Kier molecular flexibility index (Phi) is 4.91. The average molecular weight is 168 g/mol. The summed E-state index contributed by atoms with van der Waals surface area (Å²) in [5.74, 6) is 0. The Labute approximate surface area is 77.0 Å². The van der Waals surface area contributed by atoms with E-state index in [2.05, 4.69) is 34.3 Å². The molecule has 0 aliphatic rings. The Morgan fingerprint density at radius 3 is 2.08 bits per heavy atom. The minimum atomic E-state index is 0.681. The Balaban J connectivity index is 4.02. The van der Waals surface area contributed by atoms with Gasteiger partial charge in [-0.05, 0) is 6.42 Å². The molecule has 70 valence electrons. The molecule has 0 spiro atoms. The van der Waals surface area contributed by atoms with Gasteiger partial charge in [-0.25, -0.2) is 0 Å². The van der Waals surface area contributed by atoms with E-state index in [1.807, 2.05) is 12.2 Å². The highest BCUT2D eigenvalue weighted by molar-refractivity contribution is 4.76. The largest absolute Gasteiger partial charge is 0.328 e. The molecule has 1 atom stereocenters. The van der Waals surface area contributed by atoms with Crippen LogP contribution in [0.15, 0.2) is 25.3 Å². The summed E-state index contributed by atoms with van der Waals surface area (Å²) in [7, 11) is 6.70. The van der Waals surface area contributed by atoms with E-state index in [0.717, 1.165) is 17.3 Å². The maximum Gasteiger partial charge on any atom is 0.0921 e. The summed E-state index contributed by atoms with van der Waals surface area (Å²) in [6, 6.07) is 0.681. The van der Waals surface area contributed by atoms with Gasteiger partial charge in [0.1, 0.15) is 0 Å². The molecule has 0 heterocycles. The fourth-order valence-corrected chi connectivity index (χ4v) is 1.32. The smallest absolute Gasteiger partial charge is 0.0921 e. The van der Waals surface area contributed by atoms with E-state index in [4.69, 9.17) is 0 Å². The first-order valence-electron chi connectivity index (χ1n) is 4.55. The molecule has 0 aromatic carbocycles. The second-order valence-corrected chi connectivity index (χ2v) is 4.16. The Hall–Kier alpha value is -0.560. The molecule has 0 radical (unpaired) electrons. The van der Waals surface area contributed by atoms with Gasteiger partial charge in [0, 0.05) is 12.8 Å². The summed E-state index contributed by atoms with van der Waals surface area (Å²) >= 11 is 0. The molecular formula is C11H22N+. The Morgan fingerprint density at radius 1 is 1.17 bits per heavy atom. The zero-order valence-corrected chi connectivity index (χ0v) is 8.71. The lowest BCUT2D eigenvalue weighted by Gasteiger charge is -2.33. The lowest BCUT2D eigenvalue weighted by Crippen LogP contribution is -2.44. The SMILES string of the molecule is C=CCCC(CC=C)[N+](C)(C)C. The fourth-order valence-electron chi connectivity index (χ4n) is 1.32. The zero-order chi connectivity index (χ0) is 9.61. The van der Waals surface area contributed by atoms with Crippen LogP contribution in [0.2, 0.25) is 0 Å². The second-order valence-electron chi connectivity index (χ2n) is 4.16. The second kappa shape index (κ2) is 5.15. The van der Waals surface area contributed by atoms with Crippen LogP contribution in [-0.2, 0) is 0 Å². The highest BCUT2D eigenvalue weighted by Gasteiger charge is 2.20. The van der Waals surface area contributed by atoms with Gasteiger partial charge < -0.3 is 4.48 Å². The first-order valence-corrected chi connectivity index (χ1v) is 4.55. The number of rotatable bonds is 6. The molecule has 1 unspecified atom stereocenters. The molecule has 0 rings (SSSR count). The average Bonchev–Trinajstić information content (AvgIpc) is 1.95. The summed E-state index contributed by atoms with van der Waals surface area (Å²) in [6.07, 6.45) is 7.41. The third-order valence-electron chi connectivity index (χ3n) is 2.24. The van der Waals surface area contributed by atoms with Gasteiger partial charge in [0.15, 0.2) is 0 Å². The minimum absolute atomic E-state index is 0.681. The van der Waals surface area contributed by atoms with Crippen LogP contribution in [-0.4, -0.2) is 31.7 Å². The molecule has 0 saturated carbocycles. The van der Waals surface area contributed by atoms with Crippen LogP contribution in [0.25, 0.3) is 0 Å².